The predicted octanol–water partition coefficient (Wildman–Crippen LogP) is 2.11. The highest BCUT2D eigenvalue weighted by molar-refractivity contribution is 5.88. The molecule has 200 valence electrons. The number of benzene rings is 1. The first-order chi connectivity index (χ1) is 17.3. The smallest absolute Gasteiger partial charge is 0.335 e. The Kier molecular flexibility index (Phi) is 14.8. The van der Waals surface area contributed by atoms with Gasteiger partial charge in [-0.25, -0.2) is 9.59 Å². The van der Waals surface area contributed by atoms with Crippen LogP contribution < -0.4 is 27.2 Å². The van der Waals surface area contributed by atoms with E-state index in [0.717, 1.165) is 37.0 Å². The highest BCUT2D eigenvalue weighted by Crippen LogP contribution is 2.11. The van der Waals surface area contributed by atoms with E-state index in [9.17, 15) is 19.2 Å². The van der Waals surface area contributed by atoms with E-state index < -0.39 is 12.0 Å². The second-order valence-electron chi connectivity index (χ2n) is 8.03. The Morgan fingerprint density at radius 2 is 1.53 bits per heavy atom. The minimum Gasteiger partial charge on any atom is -0.478 e. The van der Waals surface area contributed by atoms with Crippen LogP contribution in [0.2, 0.25) is 0 Å². The van der Waals surface area contributed by atoms with Gasteiger partial charge in [0, 0.05) is 45.2 Å². The Morgan fingerprint density at radius 1 is 0.917 bits per heavy atom. The standard InChI is InChI=1S/C24H38N6O6/c1-3-4-8-20(31)26-14-7-5-6-9-21(32)27-15-16-28-24(35)30(2)22(36-25)17-29-19-12-10-18(11-13-19)23(33)34/h10-13,17,29H,3-9,14-16,25H2,1-2H3,(H,26,31)(H,27,32)(H,28,35)(H,33,34)/b22-17-. The summed E-state index contributed by atoms with van der Waals surface area (Å²) in [7, 11) is 1.45. The van der Waals surface area contributed by atoms with Crippen LogP contribution in [0.4, 0.5) is 10.5 Å². The minimum atomic E-state index is -1.03. The van der Waals surface area contributed by atoms with Gasteiger partial charge in [-0.3, -0.25) is 14.5 Å². The monoisotopic (exact) mass is 506 g/mol. The molecule has 1 rings (SSSR count). The van der Waals surface area contributed by atoms with Crippen LogP contribution in [0.15, 0.2) is 36.3 Å². The molecule has 12 nitrogen and oxygen atoms in total. The van der Waals surface area contributed by atoms with Crippen molar-refractivity contribution in [1.82, 2.24) is 20.9 Å². The maximum absolute atomic E-state index is 12.3. The van der Waals surface area contributed by atoms with Gasteiger partial charge in [0.2, 0.25) is 17.7 Å². The van der Waals surface area contributed by atoms with Crippen molar-refractivity contribution < 1.29 is 29.1 Å². The number of anilines is 1. The van der Waals surface area contributed by atoms with Crippen LogP contribution in [0.1, 0.15) is 62.2 Å². The molecule has 12 heteroatoms. The Balaban J connectivity index is 2.23. The van der Waals surface area contributed by atoms with E-state index in [4.69, 9.17) is 15.8 Å². The van der Waals surface area contributed by atoms with Gasteiger partial charge in [0.15, 0.2) is 0 Å². The number of urea groups is 1. The van der Waals surface area contributed by atoms with Gasteiger partial charge in [0.1, 0.15) is 0 Å². The van der Waals surface area contributed by atoms with Crippen molar-refractivity contribution in [1.29, 1.82) is 0 Å². The van der Waals surface area contributed by atoms with Crippen LogP contribution in [0.5, 0.6) is 0 Å². The number of unbranched alkanes of at least 4 members (excludes halogenated alkanes) is 3. The number of nitrogens with one attached hydrogen (secondary N) is 4. The molecule has 0 atom stereocenters. The third-order valence-electron chi connectivity index (χ3n) is 5.13. The number of nitrogens with two attached hydrogens (primary N) is 1. The Hall–Kier alpha value is -3.80. The number of carboxylic acids is 1. The highest BCUT2D eigenvalue weighted by Gasteiger charge is 2.14. The summed E-state index contributed by atoms with van der Waals surface area (Å²) in [6.07, 6.45) is 6.58. The molecular weight excluding hydrogens is 468 g/mol. The van der Waals surface area contributed by atoms with E-state index in [2.05, 4.69) is 21.3 Å². The number of hydrogen-bond donors (Lipinski definition) is 6. The largest absolute Gasteiger partial charge is 0.478 e. The quantitative estimate of drug-likeness (QED) is 0.106. The van der Waals surface area contributed by atoms with Crippen molar-refractivity contribution in [3.05, 3.63) is 41.9 Å². The van der Waals surface area contributed by atoms with E-state index in [1.54, 1.807) is 12.1 Å². The summed E-state index contributed by atoms with van der Waals surface area (Å²) >= 11 is 0. The summed E-state index contributed by atoms with van der Waals surface area (Å²) in [5, 5.41) is 20.1. The summed E-state index contributed by atoms with van der Waals surface area (Å²) in [6.45, 7) is 3.14. The number of amides is 4. The molecule has 0 aliphatic carbocycles. The molecule has 0 heterocycles. The first kappa shape index (κ1) is 30.2. The van der Waals surface area contributed by atoms with E-state index in [0.29, 0.717) is 25.1 Å². The average Bonchev–Trinajstić information content (AvgIpc) is 2.87. The molecule has 1 aromatic rings. The molecule has 0 aliphatic rings. The Labute approximate surface area is 211 Å². The van der Waals surface area contributed by atoms with Gasteiger partial charge in [0.25, 0.3) is 0 Å². The molecule has 0 spiro atoms. The molecule has 0 saturated heterocycles. The molecular formula is C24H38N6O6. The van der Waals surface area contributed by atoms with Crippen molar-refractivity contribution in [3.8, 4) is 0 Å². The fourth-order valence-electron chi connectivity index (χ4n) is 2.98. The van der Waals surface area contributed by atoms with Gasteiger partial charge >= 0.3 is 12.0 Å². The molecule has 0 fully saturated rings. The zero-order valence-electron chi connectivity index (χ0n) is 21.0. The maximum Gasteiger partial charge on any atom is 0.335 e. The fourth-order valence-corrected chi connectivity index (χ4v) is 2.98. The van der Waals surface area contributed by atoms with Crippen LogP contribution in [0.25, 0.3) is 0 Å². The lowest BCUT2D eigenvalue weighted by Gasteiger charge is -2.19. The number of carbonyl (C=O) groups is 4. The summed E-state index contributed by atoms with van der Waals surface area (Å²) in [5.74, 6) is 4.21. The number of hydrogen-bond acceptors (Lipinski definition) is 7. The van der Waals surface area contributed by atoms with Gasteiger partial charge < -0.3 is 31.2 Å². The van der Waals surface area contributed by atoms with Crippen molar-refractivity contribution in [2.45, 2.75) is 51.9 Å². The Morgan fingerprint density at radius 3 is 2.14 bits per heavy atom. The summed E-state index contributed by atoms with van der Waals surface area (Å²) in [5.41, 5.74) is 0.717. The lowest BCUT2D eigenvalue weighted by atomic mass is 10.2. The molecule has 1 aromatic carbocycles. The summed E-state index contributed by atoms with van der Waals surface area (Å²) in [4.78, 5) is 52.5. The summed E-state index contributed by atoms with van der Waals surface area (Å²) < 4.78 is 0. The van der Waals surface area contributed by atoms with Gasteiger partial charge in [0.05, 0.1) is 11.8 Å². The van der Waals surface area contributed by atoms with Gasteiger partial charge in [-0.1, -0.05) is 19.8 Å². The second-order valence-corrected chi connectivity index (χ2v) is 8.03. The molecule has 4 amide bonds. The van der Waals surface area contributed by atoms with E-state index in [1.165, 1.54) is 25.4 Å². The number of rotatable bonds is 17. The number of carboxylic acid groups (broad SMARTS) is 1. The van der Waals surface area contributed by atoms with Gasteiger partial charge in [-0.05, 0) is 43.5 Å². The van der Waals surface area contributed by atoms with Crippen LogP contribution in [0.3, 0.4) is 0 Å². The lowest BCUT2D eigenvalue weighted by Crippen LogP contribution is -2.41. The first-order valence-electron chi connectivity index (χ1n) is 12.0. The van der Waals surface area contributed by atoms with Crippen molar-refractivity contribution >= 4 is 29.5 Å². The van der Waals surface area contributed by atoms with E-state index >= 15 is 0 Å². The van der Waals surface area contributed by atoms with Gasteiger partial charge in [-0.2, -0.15) is 5.90 Å². The molecule has 0 unspecified atom stereocenters. The molecule has 36 heavy (non-hydrogen) atoms. The predicted molar refractivity (Wildman–Crippen MR) is 136 cm³/mol. The minimum absolute atomic E-state index is 0.0143. The third kappa shape index (κ3) is 12.6. The van der Waals surface area contributed by atoms with Crippen molar-refractivity contribution in [2.75, 3.05) is 32.0 Å². The molecule has 0 aromatic heterocycles. The summed E-state index contributed by atoms with van der Waals surface area (Å²) in [6, 6.07) is 5.49. The highest BCUT2D eigenvalue weighted by atomic mass is 16.6. The Bertz CT molecular complexity index is 874. The van der Waals surface area contributed by atoms with Crippen LogP contribution in [-0.4, -0.2) is 60.5 Å². The number of carbonyl (C=O) groups excluding carboxylic acids is 3. The SMILES string of the molecule is CCCCC(=O)NCCCCCC(=O)NCCNC(=O)N(C)/C(=C/Nc1ccc(C(=O)O)cc1)ON. The van der Waals surface area contributed by atoms with Gasteiger partial charge in [-0.15, -0.1) is 0 Å². The molecule has 7 N–H and O–H groups in total. The molecule has 0 aliphatic heterocycles. The first-order valence-corrected chi connectivity index (χ1v) is 12.0. The average molecular weight is 507 g/mol. The van der Waals surface area contributed by atoms with E-state index in [1.807, 2.05) is 6.92 Å². The zero-order chi connectivity index (χ0) is 26.8. The number of aromatic carboxylic acids is 1. The maximum atomic E-state index is 12.3. The lowest BCUT2D eigenvalue weighted by molar-refractivity contribution is -0.122. The third-order valence-corrected chi connectivity index (χ3v) is 5.13. The molecule has 0 saturated carbocycles. The van der Waals surface area contributed by atoms with Crippen LogP contribution in [0, 0.1) is 0 Å². The normalized spacial score (nSPS) is 10.8. The van der Waals surface area contributed by atoms with Crippen LogP contribution >= 0.6 is 0 Å². The van der Waals surface area contributed by atoms with Crippen molar-refractivity contribution in [3.63, 3.8) is 0 Å². The van der Waals surface area contributed by atoms with E-state index in [-0.39, 0.29) is 36.4 Å². The zero-order valence-corrected chi connectivity index (χ0v) is 21.0. The molecule has 0 radical (unpaired) electrons. The topological polar surface area (TPSA) is 175 Å². The fraction of sp³-hybridized carbons (Fsp3) is 0.500. The number of nitrogens with zero attached hydrogens (tertiary/aromatic N) is 1. The second kappa shape index (κ2) is 17.6. The molecule has 0 bridgehead atoms. The van der Waals surface area contributed by atoms with Crippen molar-refractivity contribution in [2.24, 2.45) is 5.90 Å². The van der Waals surface area contributed by atoms with Crippen LogP contribution in [-0.2, 0) is 14.4 Å².